The van der Waals surface area contributed by atoms with Crippen molar-refractivity contribution in [3.63, 3.8) is 0 Å². The molecular formula is C13H16N2O2S2. The van der Waals surface area contributed by atoms with E-state index in [-0.39, 0.29) is 12.0 Å². The van der Waals surface area contributed by atoms with Crippen molar-refractivity contribution < 1.29 is 9.53 Å². The molecule has 0 aliphatic rings. The van der Waals surface area contributed by atoms with Crippen LogP contribution in [0.2, 0.25) is 0 Å². The van der Waals surface area contributed by atoms with E-state index in [1.165, 1.54) is 12.0 Å². The molecule has 0 aromatic carbocycles. The van der Waals surface area contributed by atoms with Gasteiger partial charge in [-0.1, -0.05) is 0 Å². The van der Waals surface area contributed by atoms with Gasteiger partial charge in [0.1, 0.15) is 5.01 Å². The normalized spacial score (nSPS) is 12.3. The topological polar surface area (TPSA) is 51.2 Å². The molecule has 2 aromatic rings. The molecule has 0 spiro atoms. The second-order valence-corrected chi connectivity index (χ2v) is 6.27. The minimum Gasteiger partial charge on any atom is -0.469 e. The number of rotatable bonds is 6. The number of carbonyl (C=O) groups is 1. The Balaban J connectivity index is 1.85. The summed E-state index contributed by atoms with van der Waals surface area (Å²) in [5.41, 5.74) is 0. The van der Waals surface area contributed by atoms with E-state index >= 15 is 0 Å². The zero-order chi connectivity index (χ0) is 13.7. The number of ether oxygens (including phenoxy) is 1. The van der Waals surface area contributed by atoms with Crippen LogP contribution in [-0.2, 0) is 22.5 Å². The van der Waals surface area contributed by atoms with E-state index in [0.717, 1.165) is 16.4 Å². The third kappa shape index (κ3) is 4.12. The number of nitrogens with zero attached hydrogens (tertiary/aromatic N) is 1. The first-order valence-electron chi connectivity index (χ1n) is 5.96. The Morgan fingerprint density at radius 1 is 1.47 bits per heavy atom. The van der Waals surface area contributed by atoms with E-state index in [1.807, 2.05) is 23.7 Å². The fourth-order valence-corrected chi connectivity index (χ4v) is 3.24. The van der Waals surface area contributed by atoms with Crippen LogP contribution in [0.5, 0.6) is 0 Å². The minimum atomic E-state index is -0.197. The van der Waals surface area contributed by atoms with Crippen LogP contribution in [0.1, 0.15) is 27.7 Å². The smallest absolute Gasteiger partial charge is 0.310 e. The third-order valence-corrected chi connectivity index (χ3v) is 4.71. The molecule has 0 aliphatic carbocycles. The number of methoxy groups -OCH3 is 1. The number of hydrogen-bond donors (Lipinski definition) is 1. The van der Waals surface area contributed by atoms with Crippen LogP contribution in [0, 0.1) is 0 Å². The Hall–Kier alpha value is -1.24. The lowest BCUT2D eigenvalue weighted by molar-refractivity contribution is -0.139. The molecule has 1 unspecified atom stereocenters. The molecule has 2 rings (SSSR count). The Morgan fingerprint density at radius 2 is 2.26 bits per heavy atom. The highest BCUT2D eigenvalue weighted by Gasteiger charge is 2.09. The Morgan fingerprint density at radius 3 is 2.95 bits per heavy atom. The number of carbonyl (C=O) groups excluding carboxylic acids is 1. The van der Waals surface area contributed by atoms with Crippen LogP contribution in [0.4, 0.5) is 0 Å². The van der Waals surface area contributed by atoms with Gasteiger partial charge in [-0.2, -0.15) is 0 Å². The first kappa shape index (κ1) is 14.2. The summed E-state index contributed by atoms with van der Waals surface area (Å²) in [4.78, 5) is 17.7. The number of thiophene rings is 1. The molecule has 1 atom stereocenters. The second kappa shape index (κ2) is 6.79. The van der Waals surface area contributed by atoms with Gasteiger partial charge < -0.3 is 10.1 Å². The number of esters is 1. The predicted molar refractivity (Wildman–Crippen MR) is 77.4 cm³/mol. The van der Waals surface area contributed by atoms with Crippen molar-refractivity contribution in [3.05, 3.63) is 38.5 Å². The van der Waals surface area contributed by atoms with E-state index in [4.69, 9.17) is 0 Å². The van der Waals surface area contributed by atoms with Crippen LogP contribution >= 0.6 is 22.7 Å². The number of nitrogens with one attached hydrogen (secondary N) is 1. The summed E-state index contributed by atoms with van der Waals surface area (Å²) < 4.78 is 4.66. The monoisotopic (exact) mass is 296 g/mol. The lowest BCUT2D eigenvalue weighted by Gasteiger charge is -2.09. The number of aromatic nitrogens is 1. The molecule has 0 amide bonds. The average molecular weight is 296 g/mol. The van der Waals surface area contributed by atoms with Gasteiger partial charge in [0.15, 0.2) is 0 Å². The summed E-state index contributed by atoms with van der Waals surface area (Å²) in [6.45, 7) is 2.88. The fraction of sp³-hybridized carbons (Fsp3) is 0.385. The standard InChI is InChI=1S/C13H16N2O2S2/c1-9(13-14-5-6-18-13)15-8-11-4-3-10(19-11)7-12(16)17-2/h3-6,9,15H,7-8H2,1-2H3. The Labute approximate surface area is 120 Å². The molecule has 1 N–H and O–H groups in total. The van der Waals surface area contributed by atoms with Gasteiger partial charge in [0, 0.05) is 27.9 Å². The SMILES string of the molecule is COC(=O)Cc1ccc(CNC(C)c2nccs2)s1. The van der Waals surface area contributed by atoms with Gasteiger partial charge in [0.05, 0.1) is 19.6 Å². The molecule has 0 aliphatic heterocycles. The lowest BCUT2D eigenvalue weighted by atomic mass is 10.3. The first-order valence-corrected chi connectivity index (χ1v) is 7.66. The van der Waals surface area contributed by atoms with Crippen molar-refractivity contribution in [1.29, 1.82) is 0 Å². The maximum atomic E-state index is 11.2. The van der Waals surface area contributed by atoms with E-state index < -0.39 is 0 Å². The van der Waals surface area contributed by atoms with Gasteiger partial charge in [-0.25, -0.2) is 4.98 Å². The molecule has 0 saturated heterocycles. The average Bonchev–Trinajstić information content (AvgIpc) is 3.07. The summed E-state index contributed by atoms with van der Waals surface area (Å²) >= 11 is 3.29. The molecule has 6 heteroatoms. The van der Waals surface area contributed by atoms with Gasteiger partial charge in [-0.05, 0) is 19.1 Å². The maximum absolute atomic E-state index is 11.2. The van der Waals surface area contributed by atoms with Crippen molar-refractivity contribution in [2.45, 2.75) is 25.9 Å². The van der Waals surface area contributed by atoms with Gasteiger partial charge in [0.2, 0.25) is 0 Å². The molecule has 0 radical (unpaired) electrons. The zero-order valence-electron chi connectivity index (χ0n) is 10.9. The fourth-order valence-electron chi connectivity index (χ4n) is 1.62. The van der Waals surface area contributed by atoms with Gasteiger partial charge in [-0.3, -0.25) is 4.79 Å². The molecule has 102 valence electrons. The molecule has 0 saturated carbocycles. The largest absolute Gasteiger partial charge is 0.469 e. The first-order chi connectivity index (χ1) is 9.19. The summed E-state index contributed by atoms with van der Waals surface area (Å²) in [6.07, 6.45) is 2.17. The summed E-state index contributed by atoms with van der Waals surface area (Å²) in [6, 6.07) is 4.27. The molecule has 19 heavy (non-hydrogen) atoms. The lowest BCUT2D eigenvalue weighted by Crippen LogP contribution is -2.17. The van der Waals surface area contributed by atoms with Crippen LogP contribution in [0.25, 0.3) is 0 Å². The Kier molecular flexibility index (Phi) is 5.07. The van der Waals surface area contributed by atoms with Crippen molar-refractivity contribution >= 4 is 28.6 Å². The van der Waals surface area contributed by atoms with Crippen molar-refractivity contribution in [1.82, 2.24) is 10.3 Å². The summed E-state index contributed by atoms with van der Waals surface area (Å²) in [7, 11) is 1.41. The van der Waals surface area contributed by atoms with Crippen molar-refractivity contribution in [2.75, 3.05) is 7.11 Å². The highest BCUT2D eigenvalue weighted by Crippen LogP contribution is 2.20. The van der Waals surface area contributed by atoms with Crippen LogP contribution in [0.3, 0.4) is 0 Å². The maximum Gasteiger partial charge on any atom is 0.310 e. The minimum absolute atomic E-state index is 0.197. The van der Waals surface area contributed by atoms with Crippen LogP contribution < -0.4 is 5.32 Å². The van der Waals surface area contributed by atoms with E-state index in [2.05, 4.69) is 22.0 Å². The van der Waals surface area contributed by atoms with Crippen molar-refractivity contribution in [2.24, 2.45) is 0 Å². The number of thiazole rings is 1. The summed E-state index contributed by atoms with van der Waals surface area (Å²) in [5, 5.41) is 6.49. The highest BCUT2D eigenvalue weighted by molar-refractivity contribution is 7.12. The molecule has 0 bridgehead atoms. The van der Waals surface area contributed by atoms with Gasteiger partial charge in [0.25, 0.3) is 0 Å². The zero-order valence-corrected chi connectivity index (χ0v) is 12.5. The molecule has 2 heterocycles. The van der Waals surface area contributed by atoms with Crippen LogP contribution in [-0.4, -0.2) is 18.1 Å². The van der Waals surface area contributed by atoms with E-state index in [1.54, 1.807) is 22.7 Å². The summed E-state index contributed by atoms with van der Waals surface area (Å²) in [5.74, 6) is -0.197. The van der Waals surface area contributed by atoms with E-state index in [0.29, 0.717) is 6.42 Å². The highest BCUT2D eigenvalue weighted by atomic mass is 32.1. The van der Waals surface area contributed by atoms with Crippen molar-refractivity contribution in [3.8, 4) is 0 Å². The predicted octanol–water partition coefficient (Wildman–Crippen LogP) is 2.77. The molecule has 0 fully saturated rings. The van der Waals surface area contributed by atoms with Crippen LogP contribution in [0.15, 0.2) is 23.7 Å². The Bertz CT molecular complexity index is 522. The molecular weight excluding hydrogens is 280 g/mol. The number of hydrogen-bond acceptors (Lipinski definition) is 6. The molecule has 4 nitrogen and oxygen atoms in total. The molecule has 2 aromatic heterocycles. The third-order valence-electron chi connectivity index (χ3n) is 2.67. The quantitative estimate of drug-likeness (QED) is 0.833. The van der Waals surface area contributed by atoms with Gasteiger partial charge >= 0.3 is 5.97 Å². The van der Waals surface area contributed by atoms with E-state index in [9.17, 15) is 4.79 Å². The second-order valence-electron chi connectivity index (χ2n) is 4.09. The van der Waals surface area contributed by atoms with Gasteiger partial charge in [-0.15, -0.1) is 22.7 Å².